The molecule has 0 saturated carbocycles. The molecule has 0 amide bonds. The van der Waals surface area contributed by atoms with Gasteiger partial charge in [-0.2, -0.15) is 0 Å². The first kappa shape index (κ1) is 22.7. The summed E-state index contributed by atoms with van der Waals surface area (Å²) in [6.07, 6.45) is 5.59. The van der Waals surface area contributed by atoms with E-state index in [1.165, 1.54) is 27.5 Å². The number of hydrogen-bond donors (Lipinski definition) is 0. The molecule has 0 aliphatic heterocycles. The van der Waals surface area contributed by atoms with Crippen molar-refractivity contribution < 1.29 is 13.3 Å². The first-order valence-electron chi connectivity index (χ1n) is 12.9. The fourth-order valence-corrected chi connectivity index (χ4v) is 5.45. The van der Waals surface area contributed by atoms with Crippen LogP contribution in [0.4, 0.5) is 0 Å². The molecule has 0 aliphatic carbocycles. The predicted molar refractivity (Wildman–Crippen MR) is 147 cm³/mol. The minimum atomic E-state index is 0.270. The number of hydrogen-bond acceptors (Lipinski definition) is 3. The Balaban J connectivity index is 1.20. The molecular weight excluding hydrogens is 444 g/mol. The first-order valence-corrected chi connectivity index (χ1v) is 12.9. The van der Waals surface area contributed by atoms with Gasteiger partial charge in [0.15, 0.2) is 0 Å². The molecule has 0 radical (unpaired) electrons. The van der Waals surface area contributed by atoms with Gasteiger partial charge in [-0.05, 0) is 54.2 Å². The number of benzene rings is 3. The van der Waals surface area contributed by atoms with Crippen molar-refractivity contribution in [1.82, 2.24) is 0 Å². The van der Waals surface area contributed by atoms with Gasteiger partial charge in [0, 0.05) is 38.9 Å². The topological polar surface area (TPSA) is 39.4 Å². The maximum Gasteiger partial charge on any atom is 0.134 e. The third kappa shape index (κ3) is 4.13. The Kier molecular flexibility index (Phi) is 5.72. The second kappa shape index (κ2) is 9.05. The largest absolute Gasteiger partial charge is 0.468 e. The minimum Gasteiger partial charge on any atom is -0.468 e. The summed E-state index contributed by atoms with van der Waals surface area (Å²) in [5.74, 6) is 3.10. The smallest absolute Gasteiger partial charge is 0.134 e. The lowest BCUT2D eigenvalue weighted by Gasteiger charge is -2.09. The molecule has 0 fully saturated rings. The molecule has 2 atom stereocenters. The Hall–Kier alpha value is -3.72. The van der Waals surface area contributed by atoms with Crippen LogP contribution in [0.1, 0.15) is 73.7 Å². The Morgan fingerprint density at radius 2 is 1.42 bits per heavy atom. The Morgan fingerprint density at radius 3 is 2.28 bits per heavy atom. The van der Waals surface area contributed by atoms with Crippen molar-refractivity contribution >= 4 is 32.7 Å². The van der Waals surface area contributed by atoms with Crippen molar-refractivity contribution in [1.29, 1.82) is 0 Å². The molecule has 0 bridgehead atoms. The summed E-state index contributed by atoms with van der Waals surface area (Å²) in [4.78, 5) is 0. The zero-order valence-corrected chi connectivity index (χ0v) is 21.4. The lowest BCUT2D eigenvalue weighted by atomic mass is 9.95. The summed E-state index contributed by atoms with van der Waals surface area (Å²) in [5, 5.41) is 4.75. The normalized spacial score (nSPS) is 13.8. The quantitative estimate of drug-likeness (QED) is 0.230. The second-order valence-corrected chi connectivity index (χ2v) is 10.6. The van der Waals surface area contributed by atoms with Gasteiger partial charge in [0.25, 0.3) is 0 Å². The van der Waals surface area contributed by atoms with Crippen LogP contribution in [0.3, 0.4) is 0 Å². The van der Waals surface area contributed by atoms with Gasteiger partial charge < -0.3 is 13.3 Å². The molecule has 3 heteroatoms. The maximum absolute atomic E-state index is 6.27. The average molecular weight is 477 g/mol. The van der Waals surface area contributed by atoms with E-state index in [4.69, 9.17) is 13.3 Å². The molecular formula is C33H32O3. The van der Waals surface area contributed by atoms with E-state index in [1.54, 1.807) is 0 Å². The molecule has 0 saturated heterocycles. The van der Waals surface area contributed by atoms with Gasteiger partial charge in [0.2, 0.25) is 0 Å². The maximum atomic E-state index is 6.27. The highest BCUT2D eigenvalue weighted by Crippen LogP contribution is 2.33. The van der Waals surface area contributed by atoms with Gasteiger partial charge in [-0.3, -0.25) is 0 Å². The van der Waals surface area contributed by atoms with Gasteiger partial charge in [-0.25, -0.2) is 0 Å². The number of rotatable bonds is 7. The standard InChI is InChI=1S/C33H32O3/c1-20(2)29-19-34-32-16-24(9-11-28(29)32)13-21(3)31-17-26-15-23(10-12-30(26)36-31)14-22(4)33-27-8-6-5-7-25(27)18-35-33/h5-12,15-22H,13-14H2,1-4H3. The van der Waals surface area contributed by atoms with Crippen molar-refractivity contribution in [2.24, 2.45) is 0 Å². The van der Waals surface area contributed by atoms with Crippen LogP contribution in [0, 0.1) is 0 Å². The Labute approximate surface area is 211 Å². The minimum absolute atomic E-state index is 0.270. The molecule has 0 spiro atoms. The molecule has 0 N–H and O–H groups in total. The van der Waals surface area contributed by atoms with Crippen molar-refractivity contribution in [3.05, 3.63) is 107 Å². The molecule has 3 heterocycles. The van der Waals surface area contributed by atoms with Crippen LogP contribution in [0.2, 0.25) is 0 Å². The van der Waals surface area contributed by atoms with Gasteiger partial charge >= 0.3 is 0 Å². The van der Waals surface area contributed by atoms with Crippen molar-refractivity contribution in [3.63, 3.8) is 0 Å². The third-order valence-corrected chi connectivity index (χ3v) is 7.45. The van der Waals surface area contributed by atoms with Crippen molar-refractivity contribution in [2.75, 3.05) is 0 Å². The van der Waals surface area contributed by atoms with Crippen LogP contribution in [0.25, 0.3) is 32.7 Å². The monoisotopic (exact) mass is 476 g/mol. The van der Waals surface area contributed by atoms with Gasteiger partial charge in [0.1, 0.15) is 22.7 Å². The number of furan rings is 3. The van der Waals surface area contributed by atoms with Crippen LogP contribution in [0.15, 0.2) is 92.5 Å². The van der Waals surface area contributed by atoms with E-state index < -0.39 is 0 Å². The van der Waals surface area contributed by atoms with E-state index >= 15 is 0 Å². The van der Waals surface area contributed by atoms with E-state index in [2.05, 4.69) is 94.4 Å². The SMILES string of the molecule is CC(C)c1coc2cc(CC(C)c3cc4cc(CC(C)c5occ6ccccc56)ccc4o3)ccc12. The molecule has 182 valence electrons. The summed E-state index contributed by atoms with van der Waals surface area (Å²) < 4.78 is 18.1. The Morgan fingerprint density at radius 1 is 0.639 bits per heavy atom. The highest BCUT2D eigenvalue weighted by molar-refractivity contribution is 5.85. The van der Waals surface area contributed by atoms with Crippen LogP contribution in [-0.4, -0.2) is 0 Å². The molecule has 6 rings (SSSR count). The average Bonchev–Trinajstić information content (AvgIpc) is 3.59. The lowest BCUT2D eigenvalue weighted by Crippen LogP contribution is -1.97. The summed E-state index contributed by atoms with van der Waals surface area (Å²) in [7, 11) is 0. The third-order valence-electron chi connectivity index (χ3n) is 7.45. The molecule has 3 nitrogen and oxygen atoms in total. The molecule has 3 aromatic heterocycles. The molecule has 36 heavy (non-hydrogen) atoms. The van der Waals surface area contributed by atoms with Crippen LogP contribution >= 0.6 is 0 Å². The zero-order chi connectivity index (χ0) is 24.8. The van der Waals surface area contributed by atoms with E-state index in [1.807, 2.05) is 12.5 Å². The van der Waals surface area contributed by atoms with E-state index in [0.717, 1.165) is 46.3 Å². The van der Waals surface area contributed by atoms with E-state index in [9.17, 15) is 0 Å². The molecule has 3 aromatic carbocycles. The van der Waals surface area contributed by atoms with Crippen molar-refractivity contribution in [2.45, 2.75) is 58.3 Å². The van der Waals surface area contributed by atoms with Gasteiger partial charge in [-0.15, -0.1) is 0 Å². The van der Waals surface area contributed by atoms with Gasteiger partial charge in [-0.1, -0.05) is 70.2 Å². The first-order chi connectivity index (χ1) is 17.5. The highest BCUT2D eigenvalue weighted by atomic mass is 16.3. The molecule has 6 aromatic rings. The summed E-state index contributed by atoms with van der Waals surface area (Å²) in [5.41, 5.74) is 5.74. The van der Waals surface area contributed by atoms with E-state index in [-0.39, 0.29) is 5.92 Å². The van der Waals surface area contributed by atoms with E-state index in [0.29, 0.717) is 11.8 Å². The summed E-state index contributed by atoms with van der Waals surface area (Å²) in [6, 6.07) is 23.7. The van der Waals surface area contributed by atoms with Crippen LogP contribution < -0.4 is 0 Å². The van der Waals surface area contributed by atoms with Crippen LogP contribution in [0.5, 0.6) is 0 Å². The zero-order valence-electron chi connectivity index (χ0n) is 21.4. The van der Waals surface area contributed by atoms with Crippen LogP contribution in [-0.2, 0) is 12.8 Å². The predicted octanol–water partition coefficient (Wildman–Crippen LogP) is 9.74. The fourth-order valence-electron chi connectivity index (χ4n) is 5.45. The second-order valence-electron chi connectivity index (χ2n) is 10.6. The number of fused-ring (bicyclic) bond motifs is 3. The lowest BCUT2D eigenvalue weighted by molar-refractivity contribution is 0.478. The fraction of sp³-hybridized carbons (Fsp3) is 0.273. The summed E-state index contributed by atoms with van der Waals surface area (Å²) >= 11 is 0. The molecule has 0 aliphatic rings. The molecule has 2 unspecified atom stereocenters. The highest BCUT2D eigenvalue weighted by Gasteiger charge is 2.17. The van der Waals surface area contributed by atoms with Gasteiger partial charge in [0.05, 0.1) is 12.5 Å². The Bertz CT molecular complexity index is 1660. The van der Waals surface area contributed by atoms with Crippen molar-refractivity contribution in [3.8, 4) is 0 Å². The summed E-state index contributed by atoms with van der Waals surface area (Å²) in [6.45, 7) is 8.87.